The molecule has 2 aliphatic heterocycles. The molecule has 0 unspecified atom stereocenters. The lowest BCUT2D eigenvalue weighted by atomic mass is 9.93. The van der Waals surface area contributed by atoms with Gasteiger partial charge in [0.25, 0.3) is 6.43 Å². The van der Waals surface area contributed by atoms with Gasteiger partial charge in [0.05, 0.1) is 15.6 Å². The number of pyridine rings is 2. The van der Waals surface area contributed by atoms with E-state index < -0.39 is 6.43 Å². The third-order valence-corrected chi connectivity index (χ3v) is 15.2. The van der Waals surface area contributed by atoms with Crippen molar-refractivity contribution in [1.82, 2.24) is 29.7 Å². The van der Waals surface area contributed by atoms with Crippen molar-refractivity contribution in [2.75, 3.05) is 23.7 Å². The second-order valence-electron chi connectivity index (χ2n) is 14.0. The largest absolute Gasteiger partial charge is 0.317 e. The van der Waals surface area contributed by atoms with Crippen molar-refractivity contribution in [2.24, 2.45) is 0 Å². The topological polar surface area (TPSA) is 116 Å². The Hall–Kier alpha value is -3.80. The van der Waals surface area contributed by atoms with Gasteiger partial charge in [0.15, 0.2) is 0 Å². The van der Waals surface area contributed by atoms with Crippen LogP contribution in [0.5, 0.6) is 0 Å². The first-order valence-electron chi connectivity index (χ1n) is 18.4. The zero-order valence-electron chi connectivity index (χ0n) is 32.0. The quantitative estimate of drug-likeness (QED) is 0.164. The summed E-state index contributed by atoms with van der Waals surface area (Å²) in [5.74, 6) is -0.199. The minimum atomic E-state index is -2.68. The summed E-state index contributed by atoms with van der Waals surface area (Å²) in [5.41, 5.74) is 5.34. The van der Waals surface area contributed by atoms with Crippen LogP contribution in [-0.2, 0) is 22.4 Å². The van der Waals surface area contributed by atoms with Crippen molar-refractivity contribution in [3.63, 3.8) is 0 Å². The number of thiazole rings is 2. The molecule has 16 heteroatoms. The average Bonchev–Trinajstić information content (AvgIpc) is 3.90. The molecule has 0 saturated carbocycles. The molecule has 10 nitrogen and oxygen atoms in total. The Bertz CT molecular complexity index is 2350. The monoisotopic (exact) mass is 822 g/mol. The third kappa shape index (κ3) is 7.44. The smallest absolute Gasteiger partial charge is 0.282 e. The summed E-state index contributed by atoms with van der Waals surface area (Å²) in [7, 11) is 0. The highest BCUT2D eigenvalue weighted by Crippen LogP contribution is 2.51. The molecule has 2 amide bonds. The maximum Gasteiger partial charge on any atom is 0.282 e. The van der Waals surface area contributed by atoms with Crippen molar-refractivity contribution in [3.05, 3.63) is 57.3 Å². The maximum absolute atomic E-state index is 13.4. The van der Waals surface area contributed by atoms with Crippen LogP contribution in [0.1, 0.15) is 100 Å². The van der Waals surface area contributed by atoms with Crippen LogP contribution < -0.4 is 10.6 Å². The number of alkyl halides is 2. The molecule has 8 rings (SSSR count). The van der Waals surface area contributed by atoms with E-state index >= 15 is 0 Å². The summed E-state index contributed by atoms with van der Waals surface area (Å²) in [4.78, 5) is 48.5. The molecule has 2 N–H and O–H groups in total. The number of aromatic nitrogens is 4. The van der Waals surface area contributed by atoms with E-state index in [0.717, 1.165) is 67.8 Å². The molecular weight excluding hydrogens is 779 g/mol. The number of hydrogen-bond donors (Lipinski definition) is 2. The number of halogens is 2. The van der Waals surface area contributed by atoms with E-state index in [2.05, 4.69) is 76.9 Å². The molecule has 6 aromatic heterocycles. The summed E-state index contributed by atoms with van der Waals surface area (Å²) < 4.78 is 28.6. The van der Waals surface area contributed by atoms with Crippen LogP contribution in [0.3, 0.4) is 0 Å². The van der Waals surface area contributed by atoms with E-state index in [4.69, 9.17) is 4.98 Å². The SMILES string of the molecule is CCN1[C@H](C)Cc2c(sc(NC(C)=O)c2-c2nc3c(C(F)F)nccc3s2)[C@H]1C.CCN1[C@H](C)Cc2c(sc(NC(C)=O)c2-c2nc3cnccc3s2)[C@H]1C. The molecule has 0 radical (unpaired) electrons. The molecule has 0 bridgehead atoms. The van der Waals surface area contributed by atoms with Crippen LogP contribution in [0.15, 0.2) is 30.7 Å². The predicted octanol–water partition coefficient (Wildman–Crippen LogP) is 10.3. The minimum Gasteiger partial charge on any atom is -0.317 e. The summed E-state index contributed by atoms with van der Waals surface area (Å²) in [6.45, 7) is 18.3. The van der Waals surface area contributed by atoms with E-state index in [1.54, 1.807) is 59.4 Å². The number of amides is 2. The minimum absolute atomic E-state index is 0.0410. The van der Waals surface area contributed by atoms with Gasteiger partial charge in [-0.3, -0.25) is 29.4 Å². The Morgan fingerprint density at radius 2 is 1.29 bits per heavy atom. The molecule has 55 heavy (non-hydrogen) atoms. The van der Waals surface area contributed by atoms with Crippen molar-refractivity contribution in [3.8, 4) is 21.1 Å². The molecular formula is C39H44F2N8O2S4. The summed E-state index contributed by atoms with van der Waals surface area (Å²) in [6.07, 6.45) is 4.12. The zero-order valence-corrected chi connectivity index (χ0v) is 35.3. The number of fused-ring (bicyclic) bond motifs is 4. The highest BCUT2D eigenvalue weighted by molar-refractivity contribution is 7.23. The van der Waals surface area contributed by atoms with Gasteiger partial charge in [-0.15, -0.1) is 45.3 Å². The van der Waals surface area contributed by atoms with E-state index in [1.807, 2.05) is 6.07 Å². The molecule has 2 aliphatic rings. The number of rotatable bonds is 7. The van der Waals surface area contributed by atoms with Gasteiger partial charge >= 0.3 is 0 Å². The van der Waals surface area contributed by atoms with Gasteiger partial charge in [-0.25, -0.2) is 18.7 Å². The normalized spacial score (nSPS) is 20.0. The maximum atomic E-state index is 13.4. The fourth-order valence-corrected chi connectivity index (χ4v) is 13.0. The Labute approximate surface area is 335 Å². The fourth-order valence-electron chi connectivity index (χ4n) is 8.08. The van der Waals surface area contributed by atoms with Crippen molar-refractivity contribution < 1.29 is 18.4 Å². The fraction of sp³-hybridized carbons (Fsp3) is 0.436. The Kier molecular flexibility index (Phi) is 11.5. The van der Waals surface area contributed by atoms with Gasteiger partial charge in [0, 0.05) is 71.3 Å². The first-order chi connectivity index (χ1) is 26.3. The van der Waals surface area contributed by atoms with Crippen molar-refractivity contribution in [2.45, 2.75) is 98.8 Å². The van der Waals surface area contributed by atoms with Crippen LogP contribution in [-0.4, -0.2) is 66.7 Å². The van der Waals surface area contributed by atoms with Crippen LogP contribution in [0, 0.1) is 0 Å². The molecule has 8 heterocycles. The Morgan fingerprint density at radius 3 is 1.78 bits per heavy atom. The molecule has 0 aliphatic carbocycles. The second kappa shape index (κ2) is 16.0. The second-order valence-corrected chi connectivity index (χ2v) is 18.2. The molecule has 0 saturated heterocycles. The molecule has 6 aromatic rings. The van der Waals surface area contributed by atoms with E-state index in [9.17, 15) is 18.4 Å². The van der Waals surface area contributed by atoms with E-state index in [1.165, 1.54) is 39.8 Å². The van der Waals surface area contributed by atoms with Gasteiger partial charge in [-0.05, 0) is 76.9 Å². The van der Waals surface area contributed by atoms with Crippen LogP contribution in [0.2, 0.25) is 0 Å². The molecule has 0 spiro atoms. The number of nitrogens with zero attached hydrogens (tertiary/aromatic N) is 6. The van der Waals surface area contributed by atoms with E-state index in [-0.39, 0.29) is 29.1 Å². The number of likely N-dealkylation sites (N-methyl/N-ethyl adjacent to an activating group) is 2. The molecule has 4 atom stereocenters. The van der Waals surface area contributed by atoms with Crippen molar-refractivity contribution in [1.29, 1.82) is 0 Å². The lowest BCUT2D eigenvalue weighted by molar-refractivity contribution is -0.115. The number of carbonyl (C=O) groups is 2. The molecule has 0 aromatic carbocycles. The number of thiophene rings is 2. The van der Waals surface area contributed by atoms with Crippen LogP contribution in [0.25, 0.3) is 41.6 Å². The summed E-state index contributed by atoms with van der Waals surface area (Å²) in [5, 5.41) is 9.28. The third-order valence-electron chi connectivity index (χ3n) is 10.4. The summed E-state index contributed by atoms with van der Waals surface area (Å²) in [6, 6.07) is 5.09. The molecule has 0 fully saturated rings. The highest BCUT2D eigenvalue weighted by atomic mass is 32.1. The standard InChI is InChI=1S/C20H22F2N4OS2.C19H22N4OS2/c1-5-26-9(2)8-12-14(19(24-11(4)27)29-17(12)10(26)3)20-25-15-13(28-20)6-7-23-16(15)18(21)22;1-5-23-10(2)8-13-16(18(21-12(4)24)26-17(13)11(23)3)19-22-14-9-20-7-6-15(14)25-19/h6-7,9-10,18H,5,8H2,1-4H3,(H,24,27);6-7,9-11H,5,8H2,1-4H3,(H,21,24)/t9-,10-;10-,11-/m11/s1. The lowest BCUT2D eigenvalue weighted by Gasteiger charge is -2.38. The number of hydrogen-bond acceptors (Lipinski definition) is 12. The lowest BCUT2D eigenvalue weighted by Crippen LogP contribution is -2.40. The Balaban J connectivity index is 0.000000170. The van der Waals surface area contributed by atoms with E-state index in [0.29, 0.717) is 27.8 Å². The Morgan fingerprint density at radius 1 is 0.782 bits per heavy atom. The first kappa shape index (κ1) is 39.4. The highest BCUT2D eigenvalue weighted by Gasteiger charge is 2.36. The summed E-state index contributed by atoms with van der Waals surface area (Å²) >= 11 is 6.30. The van der Waals surface area contributed by atoms with Gasteiger partial charge in [0.2, 0.25) is 11.8 Å². The van der Waals surface area contributed by atoms with Gasteiger partial charge in [-0.2, -0.15) is 0 Å². The first-order valence-corrected chi connectivity index (χ1v) is 21.7. The van der Waals surface area contributed by atoms with Gasteiger partial charge < -0.3 is 10.6 Å². The van der Waals surface area contributed by atoms with Crippen molar-refractivity contribution >= 4 is 87.6 Å². The van der Waals surface area contributed by atoms with Crippen LogP contribution >= 0.6 is 45.3 Å². The molecule has 290 valence electrons. The van der Waals surface area contributed by atoms with Crippen LogP contribution in [0.4, 0.5) is 18.8 Å². The zero-order chi connectivity index (χ0) is 39.3. The number of carbonyl (C=O) groups excluding carboxylic acids is 2. The predicted molar refractivity (Wildman–Crippen MR) is 223 cm³/mol. The number of nitrogens with one attached hydrogen (secondary N) is 2. The number of anilines is 2. The van der Waals surface area contributed by atoms with Gasteiger partial charge in [0.1, 0.15) is 36.7 Å². The van der Waals surface area contributed by atoms with Gasteiger partial charge in [-0.1, -0.05) is 13.8 Å². The average molecular weight is 823 g/mol.